The highest BCUT2D eigenvalue weighted by Crippen LogP contribution is 2.23. The molecule has 7 nitrogen and oxygen atoms in total. The Bertz CT molecular complexity index is 608. The Morgan fingerprint density at radius 3 is 2.76 bits per heavy atom. The van der Waals surface area contributed by atoms with E-state index in [0.717, 1.165) is 56.4 Å². The molecule has 1 aromatic rings. The highest BCUT2D eigenvalue weighted by atomic mass is 127. The van der Waals surface area contributed by atoms with E-state index in [-0.39, 0.29) is 24.0 Å². The third-order valence-electron chi connectivity index (χ3n) is 5.42. The average Bonchev–Trinajstić information content (AvgIpc) is 3.39. The molecule has 2 fully saturated rings. The lowest BCUT2D eigenvalue weighted by atomic mass is 10.1. The number of methoxy groups -OCH3 is 1. The third kappa shape index (κ3) is 7.90. The molecule has 0 radical (unpaired) electrons. The van der Waals surface area contributed by atoms with Gasteiger partial charge in [-0.05, 0) is 37.7 Å². The fraction of sp³-hybridized carbons (Fsp3) is 0.714. The second-order valence-electron chi connectivity index (χ2n) is 7.60. The molecule has 1 aromatic heterocycles. The summed E-state index contributed by atoms with van der Waals surface area (Å²) < 4.78 is 16.6. The molecule has 0 bridgehead atoms. The fourth-order valence-electron chi connectivity index (χ4n) is 3.83. The quantitative estimate of drug-likeness (QED) is 0.235. The first-order chi connectivity index (χ1) is 13.8. The van der Waals surface area contributed by atoms with Gasteiger partial charge in [-0.3, -0.25) is 4.99 Å². The average molecular weight is 518 g/mol. The summed E-state index contributed by atoms with van der Waals surface area (Å²) in [6.45, 7) is 4.77. The van der Waals surface area contributed by atoms with E-state index in [1.54, 1.807) is 7.11 Å². The van der Waals surface area contributed by atoms with E-state index in [9.17, 15) is 0 Å². The molecule has 1 N–H and O–H groups in total. The first-order valence-electron chi connectivity index (χ1n) is 10.4. The molecule has 1 atom stereocenters. The van der Waals surface area contributed by atoms with Crippen molar-refractivity contribution >= 4 is 29.9 Å². The molecule has 0 amide bonds. The molecule has 1 aliphatic carbocycles. The Kier molecular flexibility index (Phi) is 11.0. The van der Waals surface area contributed by atoms with E-state index in [2.05, 4.69) is 26.3 Å². The van der Waals surface area contributed by atoms with Gasteiger partial charge in [0.25, 0.3) is 0 Å². The van der Waals surface area contributed by atoms with Gasteiger partial charge < -0.3 is 24.4 Å². The topological polar surface area (TPSA) is 68.2 Å². The summed E-state index contributed by atoms with van der Waals surface area (Å²) in [5.41, 5.74) is 1.12. The molecule has 1 saturated heterocycles. The van der Waals surface area contributed by atoms with E-state index in [1.807, 2.05) is 19.3 Å². The second-order valence-corrected chi connectivity index (χ2v) is 7.60. The van der Waals surface area contributed by atoms with E-state index in [4.69, 9.17) is 14.2 Å². The van der Waals surface area contributed by atoms with Crippen molar-refractivity contribution in [3.05, 3.63) is 23.9 Å². The van der Waals surface area contributed by atoms with Crippen molar-refractivity contribution in [3.8, 4) is 5.88 Å². The highest BCUT2D eigenvalue weighted by Gasteiger charge is 2.25. The number of rotatable bonds is 9. The van der Waals surface area contributed by atoms with Crippen LogP contribution in [0.2, 0.25) is 0 Å². The number of aliphatic imine (C=N–C) groups is 1. The van der Waals surface area contributed by atoms with Crippen LogP contribution >= 0.6 is 24.0 Å². The van der Waals surface area contributed by atoms with Gasteiger partial charge in [0.1, 0.15) is 6.10 Å². The van der Waals surface area contributed by atoms with Crippen LogP contribution in [-0.2, 0) is 16.0 Å². The van der Waals surface area contributed by atoms with E-state index >= 15 is 0 Å². The Hall–Kier alpha value is -1.13. The number of hydrogen-bond acceptors (Lipinski definition) is 5. The smallest absolute Gasteiger partial charge is 0.213 e. The monoisotopic (exact) mass is 518 g/mol. The zero-order chi connectivity index (χ0) is 19.6. The van der Waals surface area contributed by atoms with Crippen LogP contribution in [0.25, 0.3) is 0 Å². The lowest BCUT2D eigenvalue weighted by Gasteiger charge is -2.22. The van der Waals surface area contributed by atoms with Gasteiger partial charge in [0.15, 0.2) is 5.96 Å². The lowest BCUT2D eigenvalue weighted by molar-refractivity contribution is 0.0536. The van der Waals surface area contributed by atoms with Gasteiger partial charge in [0.2, 0.25) is 5.88 Å². The van der Waals surface area contributed by atoms with Crippen LogP contribution in [0.15, 0.2) is 23.3 Å². The van der Waals surface area contributed by atoms with Crippen LogP contribution in [0.4, 0.5) is 0 Å². The van der Waals surface area contributed by atoms with Crippen molar-refractivity contribution in [2.75, 3.05) is 47.1 Å². The van der Waals surface area contributed by atoms with Crippen LogP contribution in [0.5, 0.6) is 5.88 Å². The van der Waals surface area contributed by atoms with Crippen LogP contribution in [0, 0.1) is 5.92 Å². The van der Waals surface area contributed by atoms with E-state index < -0.39 is 0 Å². The summed E-state index contributed by atoms with van der Waals surface area (Å²) in [4.78, 5) is 11.2. The molecule has 0 spiro atoms. The van der Waals surface area contributed by atoms with Crippen molar-refractivity contribution in [1.82, 2.24) is 15.2 Å². The number of pyridine rings is 1. The maximum absolute atomic E-state index is 5.93. The van der Waals surface area contributed by atoms with Gasteiger partial charge >= 0.3 is 0 Å². The van der Waals surface area contributed by atoms with Gasteiger partial charge in [-0.15, -0.1) is 24.0 Å². The Morgan fingerprint density at radius 2 is 2.07 bits per heavy atom. The summed E-state index contributed by atoms with van der Waals surface area (Å²) in [5.74, 6) is 2.21. The number of ether oxygens (including phenoxy) is 3. The number of likely N-dealkylation sites (tertiary alicyclic amines) is 1. The molecule has 0 aromatic carbocycles. The molecule has 29 heavy (non-hydrogen) atoms. The number of aromatic nitrogens is 1. The van der Waals surface area contributed by atoms with Crippen molar-refractivity contribution < 1.29 is 14.2 Å². The molecule has 2 heterocycles. The predicted molar refractivity (Wildman–Crippen MR) is 125 cm³/mol. The molecule has 8 heteroatoms. The van der Waals surface area contributed by atoms with Gasteiger partial charge in [-0.1, -0.05) is 6.07 Å². The van der Waals surface area contributed by atoms with Gasteiger partial charge in [0, 0.05) is 52.0 Å². The van der Waals surface area contributed by atoms with Gasteiger partial charge in [-0.2, -0.15) is 0 Å². The largest absolute Gasteiger partial charge is 0.474 e. The summed E-state index contributed by atoms with van der Waals surface area (Å²) in [7, 11) is 3.53. The molecule has 2 aliphatic rings. The van der Waals surface area contributed by atoms with Gasteiger partial charge in [-0.25, -0.2) is 4.98 Å². The highest BCUT2D eigenvalue weighted by molar-refractivity contribution is 14.0. The van der Waals surface area contributed by atoms with Crippen molar-refractivity contribution in [2.24, 2.45) is 10.9 Å². The van der Waals surface area contributed by atoms with Crippen molar-refractivity contribution in [1.29, 1.82) is 0 Å². The molecular weight excluding hydrogens is 483 g/mol. The Morgan fingerprint density at radius 1 is 1.24 bits per heavy atom. The molecule has 1 aliphatic heterocycles. The van der Waals surface area contributed by atoms with Crippen molar-refractivity contribution in [2.45, 2.75) is 44.8 Å². The zero-order valence-corrected chi connectivity index (χ0v) is 20.0. The van der Waals surface area contributed by atoms with Crippen LogP contribution < -0.4 is 10.1 Å². The van der Waals surface area contributed by atoms with Crippen LogP contribution in [-0.4, -0.2) is 69.0 Å². The molecule has 164 valence electrons. The van der Waals surface area contributed by atoms with Crippen LogP contribution in [0.3, 0.4) is 0 Å². The summed E-state index contributed by atoms with van der Waals surface area (Å²) in [5, 5.41) is 3.45. The second kappa shape index (κ2) is 13.2. The molecule has 1 unspecified atom stereocenters. The number of halogens is 1. The Balaban J connectivity index is 0.00000300. The number of nitrogens with one attached hydrogen (secondary N) is 1. The molecule has 3 rings (SSSR count). The lowest BCUT2D eigenvalue weighted by Crippen LogP contribution is -2.39. The zero-order valence-electron chi connectivity index (χ0n) is 17.6. The van der Waals surface area contributed by atoms with E-state index in [0.29, 0.717) is 31.8 Å². The number of hydrogen-bond donors (Lipinski definition) is 1. The minimum Gasteiger partial charge on any atom is -0.474 e. The normalized spacial score (nSPS) is 20.0. The standard InChI is InChI=1S/C21H34N4O3.HI/c1-22-21(25-10-9-18(15-25)16-27-12-11-26-2)24-14-17-7-8-20(23-13-17)28-19-5-3-4-6-19;/h7-8,13,18-19H,3-6,9-12,14-16H2,1-2H3,(H,22,24);1H. The summed E-state index contributed by atoms with van der Waals surface area (Å²) in [6.07, 6.45) is 8.19. The predicted octanol–water partition coefficient (Wildman–Crippen LogP) is 3.08. The fourth-order valence-corrected chi connectivity index (χ4v) is 3.83. The third-order valence-corrected chi connectivity index (χ3v) is 5.42. The first kappa shape index (κ1) is 24.1. The summed E-state index contributed by atoms with van der Waals surface area (Å²) in [6, 6.07) is 4.05. The maximum atomic E-state index is 5.93. The number of nitrogens with zero attached hydrogens (tertiary/aromatic N) is 3. The Labute approximate surface area is 191 Å². The maximum Gasteiger partial charge on any atom is 0.213 e. The summed E-state index contributed by atoms with van der Waals surface area (Å²) >= 11 is 0. The number of guanidine groups is 1. The van der Waals surface area contributed by atoms with E-state index in [1.165, 1.54) is 12.8 Å². The molecule has 1 saturated carbocycles. The first-order valence-corrected chi connectivity index (χ1v) is 10.4. The minimum atomic E-state index is 0. The van der Waals surface area contributed by atoms with Gasteiger partial charge in [0.05, 0.1) is 19.8 Å². The molecular formula is C21H35IN4O3. The van der Waals surface area contributed by atoms with Crippen molar-refractivity contribution in [3.63, 3.8) is 0 Å². The SMILES string of the molecule is CN=C(NCc1ccc(OC2CCCC2)nc1)N1CCC(COCCOC)C1.I. The minimum absolute atomic E-state index is 0. The van der Waals surface area contributed by atoms with Crippen LogP contribution in [0.1, 0.15) is 37.7 Å².